The number of hydrogen-bond donors (Lipinski definition) is 3. The van der Waals surface area contributed by atoms with Crippen molar-refractivity contribution in [3.63, 3.8) is 0 Å². The Kier molecular flexibility index (Phi) is 5.00. The Hall–Kier alpha value is -2.04. The van der Waals surface area contributed by atoms with Crippen molar-refractivity contribution < 1.29 is 14.7 Å². The van der Waals surface area contributed by atoms with Crippen molar-refractivity contribution in [2.24, 2.45) is 0 Å². The molecule has 0 heterocycles. The van der Waals surface area contributed by atoms with Gasteiger partial charge in [0, 0.05) is 12.2 Å². The van der Waals surface area contributed by atoms with Crippen molar-refractivity contribution in [2.45, 2.75) is 19.8 Å². The number of anilines is 1. The molecule has 0 atom stereocenters. The molecule has 1 rings (SSSR count). The van der Waals surface area contributed by atoms with E-state index in [1.807, 2.05) is 31.2 Å². The number of nitrogens with one attached hydrogen (secondary N) is 2. The quantitative estimate of drug-likeness (QED) is 0.730. The van der Waals surface area contributed by atoms with Gasteiger partial charge in [0.15, 0.2) is 0 Å². The van der Waals surface area contributed by atoms with Gasteiger partial charge in [0.2, 0.25) is 0 Å². The lowest BCUT2D eigenvalue weighted by molar-refractivity contribution is -0.136. The van der Waals surface area contributed by atoms with Gasteiger partial charge in [0.1, 0.15) is 0 Å². The van der Waals surface area contributed by atoms with E-state index >= 15 is 0 Å². The highest BCUT2D eigenvalue weighted by molar-refractivity contribution is 5.90. The molecule has 17 heavy (non-hydrogen) atoms. The van der Waals surface area contributed by atoms with E-state index in [1.165, 1.54) is 0 Å². The summed E-state index contributed by atoms with van der Waals surface area (Å²) in [6, 6.07) is 7.12. The zero-order valence-corrected chi connectivity index (χ0v) is 9.69. The molecule has 1 aromatic rings. The molecule has 0 bridgehead atoms. The van der Waals surface area contributed by atoms with Crippen molar-refractivity contribution in [3.8, 4) is 0 Å². The van der Waals surface area contributed by atoms with Crippen LogP contribution in [-0.4, -0.2) is 23.7 Å². The Morgan fingerprint density at radius 3 is 2.65 bits per heavy atom. The average Bonchev–Trinajstić information content (AvgIpc) is 2.29. The summed E-state index contributed by atoms with van der Waals surface area (Å²) in [6.45, 7) is 2.12. The summed E-state index contributed by atoms with van der Waals surface area (Å²) in [5.41, 5.74) is 1.80. The number of amides is 2. The minimum Gasteiger partial charge on any atom is -0.481 e. The smallest absolute Gasteiger partial charge is 0.319 e. The summed E-state index contributed by atoms with van der Waals surface area (Å²) in [5.74, 6) is -0.931. The molecule has 2 amide bonds. The van der Waals surface area contributed by atoms with Gasteiger partial charge in [-0.05, 0) is 18.1 Å². The highest BCUT2D eigenvalue weighted by Gasteiger charge is 2.05. The first-order valence-corrected chi connectivity index (χ1v) is 5.48. The van der Waals surface area contributed by atoms with Gasteiger partial charge in [-0.25, -0.2) is 4.79 Å². The highest BCUT2D eigenvalue weighted by Crippen LogP contribution is 2.14. The fourth-order valence-corrected chi connectivity index (χ4v) is 1.40. The molecule has 0 aliphatic carbocycles. The number of carbonyl (C=O) groups excluding carboxylic acids is 1. The third-order valence-corrected chi connectivity index (χ3v) is 2.27. The molecule has 92 valence electrons. The predicted octanol–water partition coefficient (Wildman–Crippen LogP) is 1.85. The Morgan fingerprint density at radius 1 is 1.29 bits per heavy atom. The molecule has 0 saturated carbocycles. The van der Waals surface area contributed by atoms with E-state index in [1.54, 1.807) is 0 Å². The summed E-state index contributed by atoms with van der Waals surface area (Å²) in [5, 5.41) is 13.6. The number of urea groups is 1. The van der Waals surface area contributed by atoms with E-state index in [2.05, 4.69) is 10.6 Å². The first-order chi connectivity index (χ1) is 8.13. The van der Waals surface area contributed by atoms with Crippen LogP contribution in [0, 0.1) is 0 Å². The Balaban J connectivity index is 2.47. The molecule has 0 fully saturated rings. The number of rotatable bonds is 5. The number of carboxylic acid groups (broad SMARTS) is 1. The number of aryl methyl sites for hydroxylation is 1. The van der Waals surface area contributed by atoms with Gasteiger partial charge >= 0.3 is 12.0 Å². The van der Waals surface area contributed by atoms with Crippen molar-refractivity contribution in [2.75, 3.05) is 11.9 Å². The molecular weight excluding hydrogens is 220 g/mol. The molecule has 0 radical (unpaired) electrons. The Morgan fingerprint density at radius 2 is 2.00 bits per heavy atom. The molecule has 0 aliphatic heterocycles. The lowest BCUT2D eigenvalue weighted by Crippen LogP contribution is -2.30. The highest BCUT2D eigenvalue weighted by atomic mass is 16.4. The fourth-order valence-electron chi connectivity index (χ4n) is 1.40. The van der Waals surface area contributed by atoms with Crippen LogP contribution in [0.5, 0.6) is 0 Å². The maximum absolute atomic E-state index is 11.4. The van der Waals surface area contributed by atoms with E-state index in [9.17, 15) is 9.59 Å². The van der Waals surface area contributed by atoms with Crippen LogP contribution in [0.25, 0.3) is 0 Å². The number of carbonyl (C=O) groups is 2. The number of aliphatic carboxylic acids is 1. The monoisotopic (exact) mass is 236 g/mol. The minimum absolute atomic E-state index is 0.0805. The third-order valence-electron chi connectivity index (χ3n) is 2.27. The van der Waals surface area contributed by atoms with Crippen LogP contribution in [0.4, 0.5) is 10.5 Å². The summed E-state index contributed by atoms with van der Waals surface area (Å²) < 4.78 is 0. The molecule has 0 spiro atoms. The van der Waals surface area contributed by atoms with E-state index < -0.39 is 5.97 Å². The summed E-state index contributed by atoms with van der Waals surface area (Å²) in [6.07, 6.45) is 0.744. The van der Waals surface area contributed by atoms with E-state index in [-0.39, 0.29) is 19.0 Å². The largest absolute Gasteiger partial charge is 0.481 e. The van der Waals surface area contributed by atoms with Crippen molar-refractivity contribution >= 4 is 17.7 Å². The van der Waals surface area contributed by atoms with E-state index in [0.717, 1.165) is 17.7 Å². The predicted molar refractivity (Wildman–Crippen MR) is 65.1 cm³/mol. The SMILES string of the molecule is CCc1ccccc1NC(=O)NCCC(=O)O. The van der Waals surface area contributed by atoms with Gasteiger partial charge < -0.3 is 15.7 Å². The zero-order chi connectivity index (χ0) is 12.7. The van der Waals surface area contributed by atoms with Crippen LogP contribution in [-0.2, 0) is 11.2 Å². The normalized spacial score (nSPS) is 9.71. The van der Waals surface area contributed by atoms with Crippen LogP contribution in [0.1, 0.15) is 18.9 Å². The molecule has 5 nitrogen and oxygen atoms in total. The molecular formula is C12H16N2O3. The van der Waals surface area contributed by atoms with Gasteiger partial charge in [0.25, 0.3) is 0 Å². The zero-order valence-electron chi connectivity index (χ0n) is 9.69. The first-order valence-electron chi connectivity index (χ1n) is 5.48. The van der Waals surface area contributed by atoms with Crippen LogP contribution in [0.3, 0.4) is 0 Å². The van der Waals surface area contributed by atoms with Crippen molar-refractivity contribution in [1.82, 2.24) is 5.32 Å². The van der Waals surface area contributed by atoms with Crippen LogP contribution >= 0.6 is 0 Å². The van der Waals surface area contributed by atoms with Crippen molar-refractivity contribution in [3.05, 3.63) is 29.8 Å². The average molecular weight is 236 g/mol. The van der Waals surface area contributed by atoms with Crippen LogP contribution < -0.4 is 10.6 Å². The van der Waals surface area contributed by atoms with Crippen LogP contribution in [0.2, 0.25) is 0 Å². The maximum Gasteiger partial charge on any atom is 0.319 e. The molecule has 1 aromatic carbocycles. The first kappa shape index (κ1) is 13.0. The molecule has 0 aromatic heterocycles. The standard InChI is InChI=1S/C12H16N2O3/c1-2-9-5-3-4-6-10(9)14-12(17)13-8-7-11(15)16/h3-6H,2,7-8H2,1H3,(H,15,16)(H2,13,14,17). The lowest BCUT2D eigenvalue weighted by Gasteiger charge is -2.10. The van der Waals surface area contributed by atoms with E-state index in [4.69, 9.17) is 5.11 Å². The fraction of sp³-hybridized carbons (Fsp3) is 0.333. The summed E-state index contributed by atoms with van der Waals surface area (Å²) in [7, 11) is 0. The topological polar surface area (TPSA) is 78.4 Å². The second kappa shape index (κ2) is 6.52. The Bertz CT molecular complexity index is 404. The number of benzene rings is 1. The van der Waals surface area contributed by atoms with Crippen LogP contribution in [0.15, 0.2) is 24.3 Å². The van der Waals surface area contributed by atoms with Gasteiger partial charge in [-0.1, -0.05) is 25.1 Å². The van der Waals surface area contributed by atoms with E-state index in [0.29, 0.717) is 0 Å². The number of carboxylic acids is 1. The molecule has 0 aliphatic rings. The second-order valence-electron chi connectivity index (χ2n) is 3.54. The summed E-state index contributed by atoms with van der Waals surface area (Å²) in [4.78, 5) is 21.7. The molecule has 5 heteroatoms. The lowest BCUT2D eigenvalue weighted by atomic mass is 10.1. The van der Waals surface area contributed by atoms with Gasteiger partial charge in [-0.15, -0.1) is 0 Å². The van der Waals surface area contributed by atoms with Crippen molar-refractivity contribution in [1.29, 1.82) is 0 Å². The number of para-hydroxylation sites is 1. The van der Waals surface area contributed by atoms with Gasteiger partial charge in [-0.3, -0.25) is 4.79 Å². The van der Waals surface area contributed by atoms with Gasteiger partial charge in [0.05, 0.1) is 6.42 Å². The second-order valence-corrected chi connectivity index (χ2v) is 3.54. The Labute approximate surface area is 99.8 Å². The third kappa shape index (κ3) is 4.55. The molecule has 0 unspecified atom stereocenters. The molecule has 3 N–H and O–H groups in total. The van der Waals surface area contributed by atoms with Gasteiger partial charge in [-0.2, -0.15) is 0 Å². The number of hydrogen-bond acceptors (Lipinski definition) is 2. The minimum atomic E-state index is -0.931. The maximum atomic E-state index is 11.4. The summed E-state index contributed by atoms with van der Waals surface area (Å²) >= 11 is 0. The molecule has 0 saturated heterocycles.